The molecule has 1 atom stereocenters. The second-order valence-corrected chi connectivity index (χ2v) is 6.75. The minimum atomic E-state index is -0.403. The van der Waals surface area contributed by atoms with Crippen LogP contribution < -0.4 is 5.01 Å². The fourth-order valence-corrected chi connectivity index (χ4v) is 3.51. The standard InChI is InChI=1S/C24H22N2O2/c1-28-24(27)23-17-16-22(25-26(23)21-10-6-3-7-11-21)20-14-12-19(13-15-20)18-8-4-2-5-9-18/h2-15,23H,16-17H2,1H3. The molecule has 4 heteroatoms. The molecule has 0 fully saturated rings. The number of esters is 1. The van der Waals surface area contributed by atoms with E-state index in [9.17, 15) is 4.79 Å². The van der Waals surface area contributed by atoms with Crippen molar-refractivity contribution in [3.63, 3.8) is 0 Å². The third-order valence-corrected chi connectivity index (χ3v) is 5.00. The van der Waals surface area contributed by atoms with E-state index in [1.54, 1.807) is 5.01 Å². The molecule has 4 nitrogen and oxygen atoms in total. The van der Waals surface area contributed by atoms with Crippen LogP contribution >= 0.6 is 0 Å². The van der Waals surface area contributed by atoms with Crippen molar-refractivity contribution in [2.75, 3.05) is 12.1 Å². The van der Waals surface area contributed by atoms with Gasteiger partial charge >= 0.3 is 5.97 Å². The third-order valence-electron chi connectivity index (χ3n) is 5.00. The lowest BCUT2D eigenvalue weighted by atomic mass is 9.97. The summed E-state index contributed by atoms with van der Waals surface area (Å²) in [5, 5.41) is 6.61. The first kappa shape index (κ1) is 18.0. The average molecular weight is 370 g/mol. The summed E-state index contributed by atoms with van der Waals surface area (Å²) < 4.78 is 5.00. The average Bonchev–Trinajstić information content (AvgIpc) is 2.79. The molecule has 28 heavy (non-hydrogen) atoms. The molecule has 0 N–H and O–H groups in total. The lowest BCUT2D eigenvalue weighted by molar-refractivity contribution is -0.142. The first-order chi connectivity index (χ1) is 13.8. The van der Waals surface area contributed by atoms with Crippen LogP contribution in [0.4, 0.5) is 5.69 Å². The minimum absolute atomic E-state index is 0.258. The number of anilines is 1. The topological polar surface area (TPSA) is 41.9 Å². The number of ether oxygens (including phenoxy) is 1. The van der Waals surface area contributed by atoms with E-state index in [1.165, 1.54) is 18.2 Å². The second-order valence-electron chi connectivity index (χ2n) is 6.75. The molecule has 0 amide bonds. The van der Waals surface area contributed by atoms with E-state index in [2.05, 4.69) is 36.4 Å². The quantitative estimate of drug-likeness (QED) is 0.614. The molecular weight excluding hydrogens is 348 g/mol. The molecule has 0 aliphatic carbocycles. The molecule has 0 aromatic heterocycles. The number of para-hydroxylation sites is 1. The van der Waals surface area contributed by atoms with Gasteiger partial charge in [-0.3, -0.25) is 5.01 Å². The predicted octanol–water partition coefficient (Wildman–Crippen LogP) is 4.90. The van der Waals surface area contributed by atoms with E-state index in [0.29, 0.717) is 6.42 Å². The summed E-state index contributed by atoms with van der Waals surface area (Å²) in [7, 11) is 1.42. The zero-order chi connectivity index (χ0) is 19.3. The number of rotatable bonds is 4. The van der Waals surface area contributed by atoms with Gasteiger partial charge in [0.2, 0.25) is 0 Å². The van der Waals surface area contributed by atoms with Gasteiger partial charge in [-0.2, -0.15) is 5.10 Å². The van der Waals surface area contributed by atoms with Crippen LogP contribution in [-0.2, 0) is 9.53 Å². The summed E-state index contributed by atoms with van der Waals surface area (Å²) in [6, 6.07) is 28.1. The minimum Gasteiger partial charge on any atom is -0.467 e. The largest absolute Gasteiger partial charge is 0.467 e. The number of hydrogen-bond acceptors (Lipinski definition) is 4. The number of carbonyl (C=O) groups excluding carboxylic acids is 1. The highest BCUT2D eigenvalue weighted by Crippen LogP contribution is 2.27. The van der Waals surface area contributed by atoms with Gasteiger partial charge in [0.15, 0.2) is 6.04 Å². The van der Waals surface area contributed by atoms with Crippen LogP contribution in [0.25, 0.3) is 11.1 Å². The summed E-state index contributed by atoms with van der Waals surface area (Å²) in [6.45, 7) is 0. The maximum absolute atomic E-state index is 12.3. The fraction of sp³-hybridized carbons (Fsp3) is 0.167. The number of hydrazone groups is 1. The number of methoxy groups -OCH3 is 1. The molecule has 0 radical (unpaired) electrons. The van der Waals surface area contributed by atoms with Crippen molar-refractivity contribution >= 4 is 17.4 Å². The van der Waals surface area contributed by atoms with Crippen LogP contribution in [0.3, 0.4) is 0 Å². The Morgan fingerprint density at radius 2 is 1.43 bits per heavy atom. The van der Waals surface area contributed by atoms with Crippen molar-refractivity contribution in [3.8, 4) is 11.1 Å². The van der Waals surface area contributed by atoms with Crippen molar-refractivity contribution in [1.29, 1.82) is 0 Å². The van der Waals surface area contributed by atoms with Gasteiger partial charge < -0.3 is 4.74 Å². The molecule has 0 bridgehead atoms. The third kappa shape index (κ3) is 3.67. The smallest absolute Gasteiger partial charge is 0.330 e. The summed E-state index contributed by atoms with van der Waals surface area (Å²) in [4.78, 5) is 12.3. The monoisotopic (exact) mass is 370 g/mol. The Balaban J connectivity index is 1.65. The summed E-state index contributed by atoms with van der Waals surface area (Å²) >= 11 is 0. The Bertz CT molecular complexity index is 967. The molecule has 0 spiro atoms. The van der Waals surface area contributed by atoms with Crippen LogP contribution in [0.5, 0.6) is 0 Å². The molecule has 140 valence electrons. The Morgan fingerprint density at radius 1 is 0.857 bits per heavy atom. The van der Waals surface area contributed by atoms with Crippen LogP contribution in [0, 0.1) is 0 Å². The maximum Gasteiger partial charge on any atom is 0.330 e. The normalized spacial score (nSPS) is 16.4. The Labute approximate surface area is 165 Å². The van der Waals surface area contributed by atoms with Crippen molar-refractivity contribution in [2.45, 2.75) is 18.9 Å². The maximum atomic E-state index is 12.3. The Kier molecular flexibility index (Phi) is 5.20. The van der Waals surface area contributed by atoms with Crippen molar-refractivity contribution in [3.05, 3.63) is 90.5 Å². The van der Waals surface area contributed by atoms with Crippen molar-refractivity contribution < 1.29 is 9.53 Å². The molecule has 4 rings (SSSR count). The first-order valence-electron chi connectivity index (χ1n) is 9.42. The van der Waals surface area contributed by atoms with Crippen molar-refractivity contribution in [1.82, 2.24) is 0 Å². The van der Waals surface area contributed by atoms with Gasteiger partial charge in [0.25, 0.3) is 0 Å². The summed E-state index contributed by atoms with van der Waals surface area (Å²) in [5.74, 6) is -0.258. The molecule has 3 aromatic carbocycles. The molecule has 3 aromatic rings. The number of nitrogens with zero attached hydrogens (tertiary/aromatic N) is 2. The molecular formula is C24H22N2O2. The predicted molar refractivity (Wildman–Crippen MR) is 112 cm³/mol. The molecule has 0 saturated heterocycles. The van der Waals surface area contributed by atoms with Gasteiger partial charge in [0.1, 0.15) is 0 Å². The highest BCUT2D eigenvalue weighted by Gasteiger charge is 2.31. The highest BCUT2D eigenvalue weighted by atomic mass is 16.5. The van der Waals surface area contributed by atoms with E-state index in [0.717, 1.165) is 23.4 Å². The van der Waals surface area contributed by atoms with Gasteiger partial charge in [-0.05, 0) is 41.7 Å². The highest BCUT2D eigenvalue weighted by molar-refractivity contribution is 6.03. The molecule has 1 aliphatic heterocycles. The second kappa shape index (κ2) is 8.09. The molecule has 1 heterocycles. The van der Waals surface area contributed by atoms with Crippen LogP contribution in [-0.4, -0.2) is 24.8 Å². The van der Waals surface area contributed by atoms with Gasteiger partial charge in [-0.15, -0.1) is 0 Å². The Hall–Kier alpha value is -3.40. The molecule has 1 unspecified atom stereocenters. The summed E-state index contributed by atoms with van der Waals surface area (Å²) in [5.41, 5.74) is 5.30. The van der Waals surface area contributed by atoms with Gasteiger partial charge in [0, 0.05) is 0 Å². The lowest BCUT2D eigenvalue weighted by Crippen LogP contribution is -2.42. The fourth-order valence-electron chi connectivity index (χ4n) is 3.51. The number of hydrogen-bond donors (Lipinski definition) is 0. The van der Waals surface area contributed by atoms with E-state index < -0.39 is 6.04 Å². The van der Waals surface area contributed by atoms with Crippen molar-refractivity contribution in [2.24, 2.45) is 5.10 Å². The molecule has 0 saturated carbocycles. The SMILES string of the molecule is COC(=O)C1CCC(c2ccc(-c3ccccc3)cc2)=NN1c1ccccc1. The Morgan fingerprint density at radius 3 is 2.07 bits per heavy atom. The van der Waals surface area contributed by atoms with E-state index in [1.807, 2.05) is 48.5 Å². The van der Waals surface area contributed by atoms with E-state index in [-0.39, 0.29) is 5.97 Å². The van der Waals surface area contributed by atoms with E-state index >= 15 is 0 Å². The zero-order valence-corrected chi connectivity index (χ0v) is 15.8. The van der Waals surface area contributed by atoms with E-state index in [4.69, 9.17) is 9.84 Å². The van der Waals surface area contributed by atoms with Crippen LogP contribution in [0.15, 0.2) is 90.0 Å². The van der Waals surface area contributed by atoms with Gasteiger partial charge in [-0.1, -0.05) is 72.8 Å². The van der Waals surface area contributed by atoms with Crippen LogP contribution in [0.1, 0.15) is 18.4 Å². The molecule has 1 aliphatic rings. The van der Waals surface area contributed by atoms with Gasteiger partial charge in [0.05, 0.1) is 18.5 Å². The van der Waals surface area contributed by atoms with Gasteiger partial charge in [-0.25, -0.2) is 4.79 Å². The lowest BCUT2D eigenvalue weighted by Gasteiger charge is -2.32. The first-order valence-corrected chi connectivity index (χ1v) is 9.42. The number of benzene rings is 3. The van der Waals surface area contributed by atoms with Crippen LogP contribution in [0.2, 0.25) is 0 Å². The summed E-state index contributed by atoms with van der Waals surface area (Å²) in [6.07, 6.45) is 1.40. The number of carbonyl (C=O) groups is 1. The zero-order valence-electron chi connectivity index (χ0n) is 15.8.